The van der Waals surface area contributed by atoms with Crippen LogP contribution in [0.2, 0.25) is 0 Å². The zero-order chi connectivity index (χ0) is 19.5. The molecular weight excluding hydrogens is 352 g/mol. The summed E-state index contributed by atoms with van der Waals surface area (Å²) in [5.74, 6) is 0.654. The van der Waals surface area contributed by atoms with Gasteiger partial charge in [-0.15, -0.1) is 0 Å². The van der Waals surface area contributed by atoms with Crippen LogP contribution in [0.15, 0.2) is 30.3 Å². The number of rotatable bonds is 6. The molecule has 1 aromatic heterocycles. The Kier molecular flexibility index (Phi) is 5.57. The number of amides is 2. The minimum Gasteiger partial charge on any atom is -0.355 e. The van der Waals surface area contributed by atoms with Crippen molar-refractivity contribution in [2.75, 3.05) is 39.3 Å². The van der Waals surface area contributed by atoms with Gasteiger partial charge < -0.3 is 10.2 Å². The van der Waals surface area contributed by atoms with E-state index in [2.05, 4.69) is 10.2 Å². The SMILES string of the molecule is CCCNC(=O)CN1CCN(C(=O)c2cc(C3CC3)nc3ccccc23)CC1. The van der Waals surface area contributed by atoms with Gasteiger partial charge in [-0.2, -0.15) is 0 Å². The highest BCUT2D eigenvalue weighted by atomic mass is 16.2. The first-order valence-electron chi connectivity index (χ1n) is 10.3. The maximum absolute atomic E-state index is 13.3. The monoisotopic (exact) mass is 380 g/mol. The number of para-hydroxylation sites is 1. The van der Waals surface area contributed by atoms with Crippen LogP contribution in [-0.4, -0.2) is 65.9 Å². The molecule has 2 amide bonds. The predicted octanol–water partition coefficient (Wildman–Crippen LogP) is 2.40. The lowest BCUT2D eigenvalue weighted by Gasteiger charge is -2.34. The first-order chi connectivity index (χ1) is 13.7. The summed E-state index contributed by atoms with van der Waals surface area (Å²) >= 11 is 0. The van der Waals surface area contributed by atoms with E-state index < -0.39 is 0 Å². The van der Waals surface area contributed by atoms with Gasteiger partial charge >= 0.3 is 0 Å². The number of hydrogen-bond acceptors (Lipinski definition) is 4. The minimum atomic E-state index is 0.0656. The Hall–Kier alpha value is -2.47. The van der Waals surface area contributed by atoms with Gasteiger partial charge in [0.05, 0.1) is 17.6 Å². The zero-order valence-corrected chi connectivity index (χ0v) is 16.5. The third-order valence-electron chi connectivity index (χ3n) is 5.56. The summed E-state index contributed by atoms with van der Waals surface area (Å²) in [5, 5.41) is 3.84. The Labute approximate surface area is 165 Å². The summed E-state index contributed by atoms with van der Waals surface area (Å²) in [6.45, 7) is 5.92. The van der Waals surface area contributed by atoms with Gasteiger partial charge in [0.2, 0.25) is 5.91 Å². The largest absolute Gasteiger partial charge is 0.355 e. The van der Waals surface area contributed by atoms with E-state index in [1.165, 1.54) is 0 Å². The van der Waals surface area contributed by atoms with Crippen molar-refractivity contribution in [1.29, 1.82) is 0 Å². The minimum absolute atomic E-state index is 0.0656. The van der Waals surface area contributed by atoms with Crippen molar-refractivity contribution in [1.82, 2.24) is 20.1 Å². The molecule has 4 rings (SSSR count). The highest BCUT2D eigenvalue weighted by molar-refractivity contribution is 6.06. The first-order valence-corrected chi connectivity index (χ1v) is 10.3. The van der Waals surface area contributed by atoms with Gasteiger partial charge in [-0.25, -0.2) is 0 Å². The van der Waals surface area contributed by atoms with Crippen molar-refractivity contribution in [2.24, 2.45) is 0 Å². The Morgan fingerprint density at radius 1 is 1.14 bits per heavy atom. The summed E-state index contributed by atoms with van der Waals surface area (Å²) in [4.78, 5) is 34.0. The van der Waals surface area contributed by atoms with Crippen molar-refractivity contribution in [3.05, 3.63) is 41.6 Å². The number of carbonyl (C=O) groups is 2. The van der Waals surface area contributed by atoms with E-state index in [0.29, 0.717) is 25.6 Å². The van der Waals surface area contributed by atoms with Crippen LogP contribution in [0.3, 0.4) is 0 Å². The number of hydrogen-bond donors (Lipinski definition) is 1. The molecule has 2 aromatic rings. The van der Waals surface area contributed by atoms with Crippen LogP contribution < -0.4 is 5.32 Å². The fourth-order valence-corrected chi connectivity index (χ4v) is 3.76. The molecule has 1 aromatic carbocycles. The molecule has 0 bridgehead atoms. The standard InChI is InChI=1S/C22H28N4O2/c1-2-9-23-21(27)15-25-10-12-26(13-11-25)22(28)18-14-20(16-7-8-16)24-19-6-4-3-5-17(18)19/h3-6,14,16H,2,7-13,15H2,1H3,(H,23,27). The molecule has 2 fully saturated rings. The second kappa shape index (κ2) is 8.27. The second-order valence-electron chi connectivity index (χ2n) is 7.80. The molecule has 1 aliphatic carbocycles. The second-order valence-corrected chi connectivity index (χ2v) is 7.80. The van der Waals surface area contributed by atoms with E-state index in [1.54, 1.807) is 0 Å². The summed E-state index contributed by atoms with van der Waals surface area (Å²) in [6, 6.07) is 9.92. The molecule has 148 valence electrons. The normalized spacial score (nSPS) is 17.7. The van der Waals surface area contributed by atoms with E-state index in [4.69, 9.17) is 4.98 Å². The van der Waals surface area contributed by atoms with Gasteiger partial charge in [-0.05, 0) is 31.4 Å². The number of fused-ring (bicyclic) bond motifs is 1. The van der Waals surface area contributed by atoms with Crippen molar-refractivity contribution in [3.63, 3.8) is 0 Å². The van der Waals surface area contributed by atoms with E-state index in [0.717, 1.165) is 61.1 Å². The van der Waals surface area contributed by atoms with Crippen LogP contribution in [0.1, 0.15) is 48.2 Å². The lowest BCUT2D eigenvalue weighted by Crippen LogP contribution is -2.51. The zero-order valence-electron chi connectivity index (χ0n) is 16.5. The fourth-order valence-electron chi connectivity index (χ4n) is 3.76. The third kappa shape index (κ3) is 4.17. The van der Waals surface area contributed by atoms with E-state index >= 15 is 0 Å². The van der Waals surface area contributed by atoms with Crippen LogP contribution in [0.5, 0.6) is 0 Å². The number of benzene rings is 1. The maximum Gasteiger partial charge on any atom is 0.254 e. The van der Waals surface area contributed by atoms with Gasteiger partial charge in [-0.1, -0.05) is 25.1 Å². The molecule has 1 saturated heterocycles. The molecule has 0 atom stereocenters. The molecule has 28 heavy (non-hydrogen) atoms. The first kappa shape index (κ1) is 18.9. The molecule has 6 nitrogen and oxygen atoms in total. The lowest BCUT2D eigenvalue weighted by molar-refractivity contribution is -0.122. The van der Waals surface area contributed by atoms with Crippen molar-refractivity contribution >= 4 is 22.7 Å². The maximum atomic E-state index is 13.3. The van der Waals surface area contributed by atoms with Gasteiger partial charge in [0.25, 0.3) is 5.91 Å². The summed E-state index contributed by atoms with van der Waals surface area (Å²) in [5.41, 5.74) is 2.72. The Morgan fingerprint density at radius 2 is 1.89 bits per heavy atom. The summed E-state index contributed by atoms with van der Waals surface area (Å²) in [6.07, 6.45) is 3.27. The number of nitrogens with one attached hydrogen (secondary N) is 1. The quantitative estimate of drug-likeness (QED) is 0.836. The highest BCUT2D eigenvalue weighted by Crippen LogP contribution is 2.40. The average molecular weight is 380 g/mol. The van der Waals surface area contributed by atoms with Gasteiger partial charge in [-0.3, -0.25) is 19.5 Å². The van der Waals surface area contributed by atoms with Crippen molar-refractivity contribution in [3.8, 4) is 0 Å². The number of aromatic nitrogens is 1. The number of nitrogens with zero attached hydrogens (tertiary/aromatic N) is 3. The van der Waals surface area contributed by atoms with Gasteiger partial charge in [0, 0.05) is 49.7 Å². The Balaban J connectivity index is 1.45. The highest BCUT2D eigenvalue weighted by Gasteiger charge is 2.29. The predicted molar refractivity (Wildman–Crippen MR) is 109 cm³/mol. The average Bonchev–Trinajstić information content (AvgIpc) is 3.57. The van der Waals surface area contributed by atoms with Crippen LogP contribution in [0, 0.1) is 0 Å². The number of carbonyl (C=O) groups excluding carboxylic acids is 2. The molecule has 1 saturated carbocycles. The molecule has 0 spiro atoms. The Bertz CT molecular complexity index is 870. The summed E-state index contributed by atoms with van der Waals surface area (Å²) < 4.78 is 0. The van der Waals surface area contributed by atoms with Gasteiger partial charge in [0.15, 0.2) is 0 Å². The molecule has 6 heteroatoms. The third-order valence-corrected chi connectivity index (χ3v) is 5.56. The number of piperazine rings is 1. The smallest absolute Gasteiger partial charge is 0.254 e. The van der Waals surface area contributed by atoms with Gasteiger partial charge in [0.1, 0.15) is 0 Å². The number of pyridine rings is 1. The topological polar surface area (TPSA) is 65.5 Å². The van der Waals surface area contributed by atoms with Crippen LogP contribution >= 0.6 is 0 Å². The Morgan fingerprint density at radius 3 is 2.61 bits per heavy atom. The molecule has 1 aliphatic heterocycles. The van der Waals surface area contributed by atoms with E-state index in [-0.39, 0.29) is 11.8 Å². The molecular formula is C22H28N4O2. The van der Waals surface area contributed by atoms with Crippen LogP contribution in [0.4, 0.5) is 0 Å². The van der Waals surface area contributed by atoms with Crippen molar-refractivity contribution < 1.29 is 9.59 Å². The van der Waals surface area contributed by atoms with E-state index in [1.807, 2.05) is 42.2 Å². The summed E-state index contributed by atoms with van der Waals surface area (Å²) in [7, 11) is 0. The van der Waals surface area contributed by atoms with Crippen molar-refractivity contribution in [2.45, 2.75) is 32.1 Å². The molecule has 0 radical (unpaired) electrons. The molecule has 2 heterocycles. The van der Waals surface area contributed by atoms with Crippen LogP contribution in [0.25, 0.3) is 10.9 Å². The molecule has 0 unspecified atom stereocenters. The molecule has 2 aliphatic rings. The fraction of sp³-hybridized carbons (Fsp3) is 0.500. The molecule has 1 N–H and O–H groups in total. The van der Waals surface area contributed by atoms with Crippen LogP contribution in [-0.2, 0) is 4.79 Å². The lowest BCUT2D eigenvalue weighted by atomic mass is 10.0. The van der Waals surface area contributed by atoms with E-state index in [9.17, 15) is 9.59 Å².